The van der Waals surface area contributed by atoms with Crippen molar-refractivity contribution in [3.63, 3.8) is 0 Å². The summed E-state index contributed by atoms with van der Waals surface area (Å²) in [4.78, 5) is 29.6. The highest BCUT2D eigenvalue weighted by molar-refractivity contribution is 8.04. The van der Waals surface area contributed by atoms with Gasteiger partial charge in [0.15, 0.2) is 0 Å². The summed E-state index contributed by atoms with van der Waals surface area (Å²) >= 11 is 1.36. The fourth-order valence-corrected chi connectivity index (χ4v) is 4.46. The van der Waals surface area contributed by atoms with Gasteiger partial charge in [0, 0.05) is 4.90 Å². The molecule has 0 aliphatic carbocycles. The van der Waals surface area contributed by atoms with Gasteiger partial charge < -0.3 is 0 Å². The smallest absolute Gasteiger partial charge is 0.268 e. The van der Waals surface area contributed by atoms with Gasteiger partial charge in [-0.15, -0.1) is 0 Å². The normalized spacial score (nSPS) is 14.0. The molecular weight excluding hydrogens is 390 g/mol. The molecule has 1 heterocycles. The Kier molecular flexibility index (Phi) is 5.60. The van der Waals surface area contributed by atoms with Crippen LogP contribution in [0.15, 0.2) is 82.6 Å². The Morgan fingerprint density at radius 2 is 1.47 bits per heavy atom. The summed E-state index contributed by atoms with van der Waals surface area (Å²) in [7, 11) is 0. The van der Waals surface area contributed by atoms with Crippen LogP contribution in [0, 0.1) is 20.8 Å². The van der Waals surface area contributed by atoms with Gasteiger partial charge in [0.25, 0.3) is 11.8 Å². The molecule has 30 heavy (non-hydrogen) atoms. The van der Waals surface area contributed by atoms with Crippen molar-refractivity contribution in [2.24, 2.45) is 0 Å². The van der Waals surface area contributed by atoms with E-state index in [1.807, 2.05) is 93.6 Å². The molecule has 0 unspecified atom stereocenters. The predicted octanol–water partition coefficient (Wildman–Crippen LogP) is 5.68. The molecule has 1 aliphatic rings. The van der Waals surface area contributed by atoms with E-state index in [-0.39, 0.29) is 18.4 Å². The monoisotopic (exact) mass is 413 g/mol. The van der Waals surface area contributed by atoms with Crippen molar-refractivity contribution in [3.05, 3.63) is 106 Å². The molecule has 4 heteroatoms. The largest absolute Gasteiger partial charge is 0.269 e. The number of hydrogen-bond acceptors (Lipinski definition) is 3. The minimum atomic E-state index is -0.234. The molecule has 150 valence electrons. The Labute approximate surface area is 181 Å². The van der Waals surface area contributed by atoms with Crippen LogP contribution < -0.4 is 0 Å². The summed E-state index contributed by atoms with van der Waals surface area (Å²) in [6.07, 6.45) is 0. The van der Waals surface area contributed by atoms with Crippen molar-refractivity contribution in [2.45, 2.75) is 32.2 Å². The van der Waals surface area contributed by atoms with E-state index in [2.05, 4.69) is 0 Å². The summed E-state index contributed by atoms with van der Waals surface area (Å²) in [5.74, 6) is -0.468. The fraction of sp³-hybridized carbons (Fsp3) is 0.154. The van der Waals surface area contributed by atoms with Crippen molar-refractivity contribution in [3.8, 4) is 0 Å². The maximum Gasteiger partial charge on any atom is 0.268 e. The first-order chi connectivity index (χ1) is 14.4. The van der Waals surface area contributed by atoms with Gasteiger partial charge in [-0.25, -0.2) is 0 Å². The number of amides is 2. The maximum atomic E-state index is 13.4. The molecule has 4 rings (SSSR count). The average Bonchev–Trinajstić information content (AvgIpc) is 2.97. The third kappa shape index (κ3) is 3.96. The lowest BCUT2D eigenvalue weighted by atomic mass is 10.0. The number of carbonyl (C=O) groups is 2. The van der Waals surface area contributed by atoms with Gasteiger partial charge >= 0.3 is 0 Å². The number of hydrogen-bond donors (Lipinski definition) is 0. The van der Waals surface area contributed by atoms with Gasteiger partial charge in [0.05, 0.1) is 17.0 Å². The van der Waals surface area contributed by atoms with Crippen LogP contribution in [0.1, 0.15) is 27.8 Å². The van der Waals surface area contributed by atoms with Gasteiger partial charge in [0.2, 0.25) is 0 Å². The standard InChI is InChI=1S/C26H23NO2S/c1-17-9-12-20(13-10-17)16-27-25(28)23(21-14-11-18(2)19(3)15-21)24(26(27)29)30-22-7-5-4-6-8-22/h4-15H,16H2,1-3H3. The lowest BCUT2D eigenvalue weighted by Crippen LogP contribution is -2.30. The van der Waals surface area contributed by atoms with Gasteiger partial charge in [-0.2, -0.15) is 0 Å². The van der Waals surface area contributed by atoms with Crippen LogP contribution in [0.5, 0.6) is 0 Å². The van der Waals surface area contributed by atoms with Crippen molar-refractivity contribution in [2.75, 3.05) is 0 Å². The van der Waals surface area contributed by atoms with Crippen molar-refractivity contribution in [1.82, 2.24) is 4.90 Å². The van der Waals surface area contributed by atoms with Crippen LogP contribution in [0.3, 0.4) is 0 Å². The Hall–Kier alpha value is -3.11. The number of aryl methyl sites for hydroxylation is 3. The Morgan fingerprint density at radius 1 is 0.767 bits per heavy atom. The second-order valence-corrected chi connectivity index (χ2v) is 8.68. The Balaban J connectivity index is 1.75. The van der Waals surface area contributed by atoms with Crippen LogP contribution in [0.4, 0.5) is 0 Å². The number of benzene rings is 3. The number of carbonyl (C=O) groups excluding carboxylic acids is 2. The molecule has 2 amide bonds. The van der Waals surface area contributed by atoms with Gasteiger partial charge in [-0.05, 0) is 55.2 Å². The summed E-state index contributed by atoms with van der Waals surface area (Å²) in [6.45, 7) is 6.35. The van der Waals surface area contributed by atoms with E-state index >= 15 is 0 Å². The molecule has 3 aromatic rings. The van der Waals surface area contributed by atoms with Crippen molar-refractivity contribution >= 4 is 29.1 Å². The molecule has 1 aliphatic heterocycles. The van der Waals surface area contributed by atoms with E-state index < -0.39 is 0 Å². The molecule has 0 spiro atoms. The molecule has 0 N–H and O–H groups in total. The van der Waals surface area contributed by atoms with E-state index in [9.17, 15) is 9.59 Å². The summed E-state index contributed by atoms with van der Waals surface area (Å²) in [6, 6.07) is 23.6. The fourth-order valence-electron chi connectivity index (χ4n) is 3.43. The third-order valence-electron chi connectivity index (χ3n) is 5.35. The van der Waals surface area contributed by atoms with Crippen molar-refractivity contribution in [1.29, 1.82) is 0 Å². The molecule has 0 saturated carbocycles. The van der Waals surface area contributed by atoms with Gasteiger partial charge in [-0.3, -0.25) is 14.5 Å². The van der Waals surface area contributed by atoms with E-state index in [1.165, 1.54) is 16.7 Å². The molecular formula is C26H23NO2S. The number of thioether (sulfide) groups is 1. The average molecular weight is 414 g/mol. The van der Waals surface area contributed by atoms with Crippen LogP contribution in [-0.4, -0.2) is 16.7 Å². The molecule has 0 radical (unpaired) electrons. The molecule has 3 nitrogen and oxygen atoms in total. The minimum Gasteiger partial charge on any atom is -0.269 e. The number of nitrogens with zero attached hydrogens (tertiary/aromatic N) is 1. The first kappa shape index (κ1) is 20.2. The molecule has 3 aromatic carbocycles. The van der Waals surface area contributed by atoms with Crippen molar-refractivity contribution < 1.29 is 9.59 Å². The van der Waals surface area contributed by atoms with Crippen LogP contribution in [0.25, 0.3) is 5.57 Å². The Bertz CT molecular complexity index is 1150. The molecule has 0 aromatic heterocycles. The zero-order chi connectivity index (χ0) is 21.3. The van der Waals surface area contributed by atoms with E-state index in [1.54, 1.807) is 0 Å². The van der Waals surface area contributed by atoms with Crippen LogP contribution in [-0.2, 0) is 16.1 Å². The van der Waals surface area contributed by atoms with E-state index in [0.29, 0.717) is 10.5 Å². The number of imide groups is 1. The first-order valence-corrected chi connectivity index (χ1v) is 10.7. The first-order valence-electron chi connectivity index (χ1n) is 9.90. The summed E-state index contributed by atoms with van der Waals surface area (Å²) < 4.78 is 0. The Morgan fingerprint density at radius 3 is 2.13 bits per heavy atom. The highest BCUT2D eigenvalue weighted by Crippen LogP contribution is 2.40. The van der Waals surface area contributed by atoms with E-state index in [4.69, 9.17) is 0 Å². The second-order valence-electron chi connectivity index (χ2n) is 7.60. The quantitative estimate of drug-likeness (QED) is 0.505. The minimum absolute atomic E-state index is 0.234. The SMILES string of the molecule is Cc1ccc(CN2C(=O)C(Sc3ccccc3)=C(c3ccc(C)c(C)c3)C2=O)cc1. The maximum absolute atomic E-state index is 13.4. The molecule has 0 bridgehead atoms. The summed E-state index contributed by atoms with van der Waals surface area (Å²) in [5, 5.41) is 0. The molecule has 0 fully saturated rings. The van der Waals surface area contributed by atoms with E-state index in [0.717, 1.165) is 32.7 Å². The summed E-state index contributed by atoms with van der Waals surface area (Å²) in [5.41, 5.74) is 5.62. The molecule has 0 atom stereocenters. The lowest BCUT2D eigenvalue weighted by molar-refractivity contribution is -0.137. The van der Waals surface area contributed by atoms with Crippen LogP contribution in [0.2, 0.25) is 0 Å². The molecule has 0 saturated heterocycles. The second kappa shape index (κ2) is 8.33. The topological polar surface area (TPSA) is 37.4 Å². The van der Waals surface area contributed by atoms with Gasteiger partial charge in [0.1, 0.15) is 0 Å². The zero-order valence-corrected chi connectivity index (χ0v) is 18.1. The number of rotatable bonds is 5. The van der Waals surface area contributed by atoms with Gasteiger partial charge in [-0.1, -0.05) is 78.0 Å². The van der Waals surface area contributed by atoms with Crippen LogP contribution >= 0.6 is 11.8 Å². The highest BCUT2D eigenvalue weighted by Gasteiger charge is 2.39. The highest BCUT2D eigenvalue weighted by atomic mass is 32.2. The predicted molar refractivity (Wildman–Crippen MR) is 122 cm³/mol. The zero-order valence-electron chi connectivity index (χ0n) is 17.3. The third-order valence-corrected chi connectivity index (χ3v) is 6.44. The lowest BCUT2D eigenvalue weighted by Gasteiger charge is -2.15.